The van der Waals surface area contributed by atoms with Crippen LogP contribution in [0.3, 0.4) is 0 Å². The highest BCUT2D eigenvalue weighted by Crippen LogP contribution is 2.06. The predicted molar refractivity (Wildman–Crippen MR) is 73.9 cm³/mol. The van der Waals surface area contributed by atoms with E-state index in [1.807, 2.05) is 31.2 Å². The fraction of sp³-hybridized carbons (Fsp3) is 0.200. The first-order chi connectivity index (χ1) is 9.60. The van der Waals surface area contributed by atoms with Crippen LogP contribution in [0.5, 0.6) is 5.75 Å². The van der Waals surface area contributed by atoms with Crippen LogP contribution in [0.25, 0.3) is 0 Å². The molecule has 0 aliphatic heterocycles. The Bertz CT molecular complexity index is 658. The Labute approximate surface area is 116 Å². The van der Waals surface area contributed by atoms with Crippen LogP contribution in [0.1, 0.15) is 21.7 Å². The number of amides is 1. The standard InChI is InChI=1S/C15H15NO4/c1-10-3-5-11(6-4-10)8-16-15(18)13-7-12(17)14(19-2)9-20-13/h3-7,9H,8H2,1-2H3,(H,16,18). The van der Waals surface area contributed by atoms with Crippen LogP contribution in [0, 0.1) is 6.92 Å². The summed E-state index contributed by atoms with van der Waals surface area (Å²) in [4.78, 5) is 23.4. The maximum atomic E-state index is 11.9. The normalized spacial score (nSPS) is 10.1. The molecule has 0 atom stereocenters. The summed E-state index contributed by atoms with van der Waals surface area (Å²) < 4.78 is 9.84. The zero-order chi connectivity index (χ0) is 14.5. The van der Waals surface area contributed by atoms with Gasteiger partial charge in [0.1, 0.15) is 6.26 Å². The van der Waals surface area contributed by atoms with Gasteiger partial charge in [-0.2, -0.15) is 0 Å². The van der Waals surface area contributed by atoms with Crippen molar-refractivity contribution in [3.63, 3.8) is 0 Å². The van der Waals surface area contributed by atoms with E-state index in [0.29, 0.717) is 6.54 Å². The van der Waals surface area contributed by atoms with Crippen molar-refractivity contribution < 1.29 is 13.9 Å². The summed E-state index contributed by atoms with van der Waals surface area (Å²) >= 11 is 0. The van der Waals surface area contributed by atoms with E-state index in [-0.39, 0.29) is 16.9 Å². The number of hydrogen-bond donors (Lipinski definition) is 1. The molecule has 2 rings (SSSR count). The van der Waals surface area contributed by atoms with Crippen LogP contribution in [-0.2, 0) is 6.54 Å². The maximum absolute atomic E-state index is 11.9. The molecule has 1 heterocycles. The van der Waals surface area contributed by atoms with Crippen molar-refractivity contribution in [1.29, 1.82) is 0 Å². The molecular formula is C15H15NO4. The number of methoxy groups -OCH3 is 1. The van der Waals surface area contributed by atoms with E-state index in [1.165, 1.54) is 7.11 Å². The number of carbonyl (C=O) groups is 1. The molecule has 0 fully saturated rings. The van der Waals surface area contributed by atoms with Crippen molar-refractivity contribution in [2.45, 2.75) is 13.5 Å². The van der Waals surface area contributed by atoms with E-state index in [4.69, 9.17) is 9.15 Å². The van der Waals surface area contributed by atoms with Crippen LogP contribution in [-0.4, -0.2) is 13.0 Å². The molecule has 0 aliphatic carbocycles. The molecule has 0 aliphatic rings. The molecule has 0 saturated heterocycles. The zero-order valence-electron chi connectivity index (χ0n) is 11.3. The lowest BCUT2D eigenvalue weighted by Gasteiger charge is -2.05. The van der Waals surface area contributed by atoms with Gasteiger partial charge in [0.25, 0.3) is 5.91 Å². The van der Waals surface area contributed by atoms with Crippen LogP contribution in [0.4, 0.5) is 0 Å². The average Bonchev–Trinajstić information content (AvgIpc) is 2.46. The van der Waals surface area contributed by atoms with E-state index in [9.17, 15) is 9.59 Å². The summed E-state index contributed by atoms with van der Waals surface area (Å²) in [5.41, 5.74) is 1.74. The van der Waals surface area contributed by atoms with Crippen molar-refractivity contribution in [3.8, 4) is 5.75 Å². The molecule has 0 saturated carbocycles. The van der Waals surface area contributed by atoms with Crippen molar-refractivity contribution in [2.24, 2.45) is 0 Å². The molecule has 0 unspecified atom stereocenters. The van der Waals surface area contributed by atoms with Crippen molar-refractivity contribution >= 4 is 5.91 Å². The molecule has 5 nitrogen and oxygen atoms in total. The second kappa shape index (κ2) is 6.06. The van der Waals surface area contributed by atoms with Gasteiger partial charge in [-0.15, -0.1) is 0 Å². The van der Waals surface area contributed by atoms with E-state index >= 15 is 0 Å². The van der Waals surface area contributed by atoms with Gasteiger partial charge < -0.3 is 14.5 Å². The Morgan fingerprint density at radius 1 is 1.30 bits per heavy atom. The minimum atomic E-state index is -0.440. The first-order valence-corrected chi connectivity index (χ1v) is 6.10. The zero-order valence-corrected chi connectivity index (χ0v) is 11.3. The van der Waals surface area contributed by atoms with Gasteiger partial charge in [-0.3, -0.25) is 9.59 Å². The van der Waals surface area contributed by atoms with Crippen LogP contribution in [0.2, 0.25) is 0 Å². The Hall–Kier alpha value is -2.56. The monoisotopic (exact) mass is 273 g/mol. The van der Waals surface area contributed by atoms with E-state index in [1.54, 1.807) is 0 Å². The van der Waals surface area contributed by atoms with Gasteiger partial charge in [0, 0.05) is 12.6 Å². The lowest BCUT2D eigenvalue weighted by Crippen LogP contribution is -2.24. The number of ether oxygens (including phenoxy) is 1. The average molecular weight is 273 g/mol. The van der Waals surface area contributed by atoms with Gasteiger partial charge >= 0.3 is 0 Å². The maximum Gasteiger partial charge on any atom is 0.287 e. The second-order valence-corrected chi connectivity index (χ2v) is 4.35. The lowest BCUT2D eigenvalue weighted by molar-refractivity contribution is 0.0920. The minimum absolute atomic E-state index is 0.0390. The Kier molecular flexibility index (Phi) is 4.20. The summed E-state index contributed by atoms with van der Waals surface area (Å²) in [5.74, 6) is -0.409. The molecule has 1 aromatic carbocycles. The number of nitrogens with one attached hydrogen (secondary N) is 1. The molecule has 20 heavy (non-hydrogen) atoms. The van der Waals surface area contributed by atoms with Gasteiger partial charge in [-0.1, -0.05) is 29.8 Å². The Morgan fingerprint density at radius 2 is 2.00 bits per heavy atom. The molecule has 0 spiro atoms. The summed E-state index contributed by atoms with van der Waals surface area (Å²) in [6.07, 6.45) is 1.13. The van der Waals surface area contributed by atoms with Crippen LogP contribution >= 0.6 is 0 Å². The van der Waals surface area contributed by atoms with Gasteiger partial charge in [0.2, 0.25) is 11.2 Å². The summed E-state index contributed by atoms with van der Waals surface area (Å²) in [6.45, 7) is 2.36. The van der Waals surface area contributed by atoms with Gasteiger partial charge in [-0.05, 0) is 12.5 Å². The van der Waals surface area contributed by atoms with Gasteiger partial charge in [0.05, 0.1) is 7.11 Å². The van der Waals surface area contributed by atoms with Crippen LogP contribution in [0.15, 0.2) is 45.8 Å². The first-order valence-electron chi connectivity index (χ1n) is 6.10. The van der Waals surface area contributed by atoms with E-state index in [0.717, 1.165) is 23.5 Å². The molecule has 5 heteroatoms. The highest BCUT2D eigenvalue weighted by molar-refractivity contribution is 5.91. The summed E-state index contributed by atoms with van der Waals surface area (Å²) in [6, 6.07) is 8.91. The first kappa shape index (κ1) is 13.9. The molecule has 0 bridgehead atoms. The predicted octanol–water partition coefficient (Wildman–Crippen LogP) is 1.89. The van der Waals surface area contributed by atoms with Crippen molar-refractivity contribution in [3.05, 3.63) is 63.7 Å². The van der Waals surface area contributed by atoms with Gasteiger partial charge in [-0.25, -0.2) is 0 Å². The summed E-state index contributed by atoms with van der Waals surface area (Å²) in [5, 5.41) is 2.69. The fourth-order valence-electron chi connectivity index (χ4n) is 1.64. The van der Waals surface area contributed by atoms with Gasteiger partial charge in [0.15, 0.2) is 5.76 Å². The third kappa shape index (κ3) is 3.26. The summed E-state index contributed by atoms with van der Waals surface area (Å²) in [7, 11) is 1.36. The number of benzene rings is 1. The molecule has 104 valence electrons. The number of carbonyl (C=O) groups excluding carboxylic acids is 1. The topological polar surface area (TPSA) is 68.5 Å². The van der Waals surface area contributed by atoms with Crippen LogP contribution < -0.4 is 15.5 Å². The van der Waals surface area contributed by atoms with Crippen molar-refractivity contribution in [2.75, 3.05) is 7.11 Å². The minimum Gasteiger partial charge on any atom is -0.490 e. The SMILES string of the molecule is COc1coc(C(=O)NCc2ccc(C)cc2)cc1=O. The van der Waals surface area contributed by atoms with E-state index < -0.39 is 5.91 Å². The smallest absolute Gasteiger partial charge is 0.287 e. The fourth-order valence-corrected chi connectivity index (χ4v) is 1.64. The molecule has 1 N–H and O–H groups in total. The molecular weight excluding hydrogens is 258 g/mol. The largest absolute Gasteiger partial charge is 0.490 e. The number of aryl methyl sites for hydroxylation is 1. The molecule has 0 radical (unpaired) electrons. The van der Waals surface area contributed by atoms with Crippen molar-refractivity contribution in [1.82, 2.24) is 5.32 Å². The third-order valence-corrected chi connectivity index (χ3v) is 2.82. The number of rotatable bonds is 4. The lowest BCUT2D eigenvalue weighted by atomic mass is 10.1. The molecule has 1 amide bonds. The Balaban J connectivity index is 2.03. The second-order valence-electron chi connectivity index (χ2n) is 4.35. The molecule has 1 aromatic heterocycles. The highest BCUT2D eigenvalue weighted by Gasteiger charge is 2.11. The molecule has 2 aromatic rings. The quantitative estimate of drug-likeness (QED) is 0.923. The third-order valence-electron chi connectivity index (χ3n) is 2.82. The highest BCUT2D eigenvalue weighted by atomic mass is 16.5. The number of hydrogen-bond acceptors (Lipinski definition) is 4. The Morgan fingerprint density at radius 3 is 2.60 bits per heavy atom. The van der Waals surface area contributed by atoms with E-state index in [2.05, 4.69) is 5.32 Å².